The van der Waals surface area contributed by atoms with Gasteiger partial charge in [-0.25, -0.2) is 17.8 Å². The Morgan fingerprint density at radius 3 is 2.76 bits per heavy atom. The van der Waals surface area contributed by atoms with Crippen molar-refractivity contribution in [3.05, 3.63) is 52.6 Å². The van der Waals surface area contributed by atoms with Crippen molar-refractivity contribution in [1.29, 1.82) is 0 Å². The van der Waals surface area contributed by atoms with Gasteiger partial charge in [0.2, 0.25) is 5.91 Å². The molecule has 0 saturated heterocycles. The van der Waals surface area contributed by atoms with Crippen LogP contribution in [0.25, 0.3) is 9.88 Å². The molecular formula is C16H13FN2O3S3. The van der Waals surface area contributed by atoms with E-state index in [0.717, 1.165) is 34.3 Å². The van der Waals surface area contributed by atoms with Gasteiger partial charge in [0, 0.05) is 11.6 Å². The van der Waals surface area contributed by atoms with Crippen molar-refractivity contribution in [1.82, 2.24) is 4.98 Å². The van der Waals surface area contributed by atoms with Crippen molar-refractivity contribution < 1.29 is 17.6 Å². The number of hydrogen-bond acceptors (Lipinski definition) is 6. The van der Waals surface area contributed by atoms with Gasteiger partial charge >= 0.3 is 0 Å². The molecule has 0 aliphatic carbocycles. The van der Waals surface area contributed by atoms with Gasteiger partial charge in [-0.3, -0.25) is 4.79 Å². The Hall–Kier alpha value is -2.10. The lowest BCUT2D eigenvalue weighted by Crippen LogP contribution is -2.16. The molecule has 3 aromatic rings. The fourth-order valence-electron chi connectivity index (χ4n) is 2.09. The van der Waals surface area contributed by atoms with Gasteiger partial charge in [0.15, 0.2) is 9.84 Å². The third kappa shape index (κ3) is 4.30. The van der Waals surface area contributed by atoms with Gasteiger partial charge in [-0.15, -0.1) is 22.7 Å². The molecule has 0 atom stereocenters. The number of hydrogen-bond donors (Lipinski definition) is 1. The van der Waals surface area contributed by atoms with Crippen molar-refractivity contribution in [2.45, 2.75) is 11.3 Å². The van der Waals surface area contributed by atoms with Crippen LogP contribution >= 0.6 is 22.7 Å². The van der Waals surface area contributed by atoms with Crippen LogP contribution in [0.15, 0.2) is 46.0 Å². The standard InChI is InChI=1S/C16H13FN2O3S3/c1-25(21,22)11-4-5-12(17)13(8-11)19-15(20)7-10-9-24-16(18-10)14-3-2-6-23-14/h2-6,8-9H,7H2,1H3,(H,19,20). The van der Waals surface area contributed by atoms with Crippen LogP contribution in [0, 0.1) is 5.82 Å². The fraction of sp³-hybridized carbons (Fsp3) is 0.125. The summed E-state index contributed by atoms with van der Waals surface area (Å²) in [5, 5.41) is 6.95. The first-order chi connectivity index (χ1) is 11.8. The summed E-state index contributed by atoms with van der Waals surface area (Å²) in [7, 11) is -3.49. The molecule has 130 valence electrons. The number of amides is 1. The van der Waals surface area contributed by atoms with Crippen LogP contribution in [0.2, 0.25) is 0 Å². The zero-order valence-corrected chi connectivity index (χ0v) is 15.5. The second kappa shape index (κ2) is 7.03. The van der Waals surface area contributed by atoms with Crippen LogP contribution in [0.5, 0.6) is 0 Å². The summed E-state index contributed by atoms with van der Waals surface area (Å²) in [6, 6.07) is 7.16. The number of thiazole rings is 1. The van der Waals surface area contributed by atoms with Crippen molar-refractivity contribution >= 4 is 44.1 Å². The van der Waals surface area contributed by atoms with Crippen molar-refractivity contribution in [3.63, 3.8) is 0 Å². The maximum Gasteiger partial charge on any atom is 0.230 e. The van der Waals surface area contributed by atoms with E-state index < -0.39 is 21.6 Å². The number of carbonyl (C=O) groups excluding carboxylic acids is 1. The molecule has 0 aliphatic rings. The Labute approximate surface area is 152 Å². The summed E-state index contributed by atoms with van der Waals surface area (Å²) in [5.41, 5.74) is 0.409. The first-order valence-corrected chi connectivity index (χ1v) is 10.8. The van der Waals surface area contributed by atoms with E-state index in [1.54, 1.807) is 16.7 Å². The van der Waals surface area contributed by atoms with Gasteiger partial charge in [-0.2, -0.15) is 0 Å². The normalized spacial score (nSPS) is 11.4. The van der Waals surface area contributed by atoms with E-state index in [1.807, 2.05) is 17.5 Å². The number of anilines is 1. The van der Waals surface area contributed by atoms with E-state index in [-0.39, 0.29) is 17.0 Å². The molecule has 1 N–H and O–H groups in total. The molecule has 3 rings (SSSR count). The summed E-state index contributed by atoms with van der Waals surface area (Å²) in [4.78, 5) is 17.5. The highest BCUT2D eigenvalue weighted by atomic mass is 32.2. The van der Waals surface area contributed by atoms with Crippen molar-refractivity contribution in [2.24, 2.45) is 0 Å². The predicted octanol–water partition coefficient (Wildman–Crippen LogP) is 3.60. The molecule has 0 spiro atoms. The highest BCUT2D eigenvalue weighted by molar-refractivity contribution is 7.90. The maximum absolute atomic E-state index is 13.8. The van der Waals surface area contributed by atoms with Gasteiger partial charge in [0.1, 0.15) is 10.8 Å². The molecule has 0 radical (unpaired) electrons. The smallest absolute Gasteiger partial charge is 0.230 e. The molecule has 0 unspecified atom stereocenters. The average molecular weight is 396 g/mol. The van der Waals surface area contributed by atoms with E-state index in [4.69, 9.17) is 0 Å². The number of benzene rings is 1. The molecule has 25 heavy (non-hydrogen) atoms. The Balaban J connectivity index is 1.73. The molecule has 0 saturated carbocycles. The van der Waals surface area contributed by atoms with E-state index in [9.17, 15) is 17.6 Å². The van der Waals surface area contributed by atoms with Crippen LogP contribution in [0.4, 0.5) is 10.1 Å². The molecule has 2 aromatic heterocycles. The van der Waals surface area contributed by atoms with Gasteiger partial charge in [-0.1, -0.05) is 6.07 Å². The number of rotatable bonds is 5. The Morgan fingerprint density at radius 1 is 1.28 bits per heavy atom. The lowest BCUT2D eigenvalue weighted by molar-refractivity contribution is -0.115. The van der Waals surface area contributed by atoms with Crippen LogP contribution < -0.4 is 5.32 Å². The zero-order valence-electron chi connectivity index (χ0n) is 13.0. The minimum atomic E-state index is -3.49. The SMILES string of the molecule is CS(=O)(=O)c1ccc(F)c(NC(=O)Cc2csc(-c3cccs3)n2)c1. The van der Waals surface area contributed by atoms with Crippen LogP contribution in [-0.4, -0.2) is 25.6 Å². The molecular weight excluding hydrogens is 383 g/mol. The maximum atomic E-state index is 13.8. The zero-order chi connectivity index (χ0) is 18.0. The lowest BCUT2D eigenvalue weighted by Gasteiger charge is -2.07. The number of nitrogens with one attached hydrogen (secondary N) is 1. The number of aromatic nitrogens is 1. The van der Waals surface area contributed by atoms with Crippen LogP contribution in [0.3, 0.4) is 0 Å². The minimum absolute atomic E-state index is 0.0234. The van der Waals surface area contributed by atoms with Crippen molar-refractivity contribution in [2.75, 3.05) is 11.6 Å². The van der Waals surface area contributed by atoms with Gasteiger partial charge in [-0.05, 0) is 29.6 Å². The van der Waals surface area contributed by atoms with E-state index in [2.05, 4.69) is 10.3 Å². The Kier molecular flexibility index (Phi) is 4.98. The summed E-state index contributed by atoms with van der Waals surface area (Å²) < 4.78 is 36.9. The highest BCUT2D eigenvalue weighted by Gasteiger charge is 2.15. The Bertz CT molecular complexity index is 1010. The van der Waals surface area contributed by atoms with Crippen molar-refractivity contribution in [3.8, 4) is 9.88 Å². The summed E-state index contributed by atoms with van der Waals surface area (Å²) in [6.45, 7) is 0. The quantitative estimate of drug-likeness (QED) is 0.669. The molecule has 1 aromatic carbocycles. The molecule has 0 aliphatic heterocycles. The third-order valence-corrected chi connectivity index (χ3v) is 6.31. The molecule has 5 nitrogen and oxygen atoms in total. The molecule has 2 heterocycles. The van der Waals surface area contributed by atoms with E-state index >= 15 is 0 Å². The van der Waals surface area contributed by atoms with Gasteiger partial charge in [0.05, 0.1) is 27.6 Å². The number of thiophene rings is 1. The highest BCUT2D eigenvalue weighted by Crippen LogP contribution is 2.28. The minimum Gasteiger partial charge on any atom is -0.323 e. The number of halogens is 1. The van der Waals surface area contributed by atoms with Crippen LogP contribution in [0.1, 0.15) is 5.69 Å². The van der Waals surface area contributed by atoms with Gasteiger partial charge in [0.25, 0.3) is 0 Å². The number of nitrogens with zero attached hydrogens (tertiary/aromatic N) is 1. The Morgan fingerprint density at radius 2 is 2.08 bits per heavy atom. The largest absolute Gasteiger partial charge is 0.323 e. The second-order valence-corrected chi connectivity index (χ2v) is 9.08. The summed E-state index contributed by atoms with van der Waals surface area (Å²) >= 11 is 2.99. The number of sulfone groups is 1. The first-order valence-electron chi connectivity index (χ1n) is 7.10. The molecule has 0 bridgehead atoms. The average Bonchev–Trinajstić information content (AvgIpc) is 3.19. The number of carbonyl (C=O) groups is 1. The summed E-state index contributed by atoms with van der Waals surface area (Å²) in [5.74, 6) is -1.16. The van der Waals surface area contributed by atoms with E-state index in [0.29, 0.717) is 5.69 Å². The fourth-order valence-corrected chi connectivity index (χ4v) is 4.37. The van der Waals surface area contributed by atoms with E-state index in [1.165, 1.54) is 11.3 Å². The first kappa shape index (κ1) is 17.7. The predicted molar refractivity (Wildman–Crippen MR) is 97.3 cm³/mol. The van der Waals surface area contributed by atoms with Crippen LogP contribution in [-0.2, 0) is 21.1 Å². The summed E-state index contributed by atoms with van der Waals surface area (Å²) in [6.07, 6.45) is 0.998. The lowest BCUT2D eigenvalue weighted by atomic mass is 10.2. The topological polar surface area (TPSA) is 76.1 Å². The monoisotopic (exact) mass is 396 g/mol. The third-order valence-electron chi connectivity index (χ3n) is 3.27. The molecule has 9 heteroatoms. The second-order valence-electron chi connectivity index (χ2n) is 5.26. The molecule has 0 fully saturated rings. The molecule has 1 amide bonds. The van der Waals surface area contributed by atoms with Gasteiger partial charge < -0.3 is 5.32 Å².